The van der Waals surface area contributed by atoms with Gasteiger partial charge in [0.1, 0.15) is 0 Å². The Bertz CT molecular complexity index is 647. The van der Waals surface area contributed by atoms with Crippen LogP contribution in [0.5, 0.6) is 0 Å². The second-order valence-corrected chi connectivity index (χ2v) is 5.11. The molecule has 2 nitrogen and oxygen atoms in total. The van der Waals surface area contributed by atoms with Crippen LogP contribution in [-0.2, 0) is 0 Å². The van der Waals surface area contributed by atoms with Gasteiger partial charge in [-0.2, -0.15) is 0 Å². The van der Waals surface area contributed by atoms with Crippen LogP contribution < -0.4 is 4.90 Å². The van der Waals surface area contributed by atoms with Gasteiger partial charge in [-0.3, -0.25) is 0 Å². The standard InChI is InChI=1S/C16H14N2S/c1-18(14-10-6-3-7-11-14)16-17-15(12-19-16)13-8-4-2-5-9-13/h2-12H,1H3. The Balaban J connectivity index is 1.90. The van der Waals surface area contributed by atoms with Crippen LogP contribution in [0.1, 0.15) is 0 Å². The smallest absolute Gasteiger partial charge is 0.190 e. The number of rotatable bonds is 3. The van der Waals surface area contributed by atoms with Crippen molar-refractivity contribution in [2.45, 2.75) is 0 Å². The van der Waals surface area contributed by atoms with Crippen LogP contribution >= 0.6 is 11.3 Å². The molecule has 2 aromatic carbocycles. The molecule has 0 saturated heterocycles. The minimum Gasteiger partial charge on any atom is -0.321 e. The van der Waals surface area contributed by atoms with Crippen LogP contribution in [0.2, 0.25) is 0 Å². The van der Waals surface area contributed by atoms with Gasteiger partial charge in [0.25, 0.3) is 0 Å². The third-order valence-electron chi connectivity index (χ3n) is 2.99. The molecule has 0 N–H and O–H groups in total. The Kier molecular flexibility index (Phi) is 3.29. The molecular weight excluding hydrogens is 252 g/mol. The molecule has 3 rings (SSSR count). The molecule has 94 valence electrons. The maximum atomic E-state index is 4.70. The average molecular weight is 266 g/mol. The van der Waals surface area contributed by atoms with Crippen molar-refractivity contribution in [2.75, 3.05) is 11.9 Å². The molecule has 1 heterocycles. The molecule has 3 aromatic rings. The Morgan fingerprint density at radius 3 is 2.21 bits per heavy atom. The first kappa shape index (κ1) is 11.9. The first-order valence-corrected chi connectivity index (χ1v) is 7.02. The van der Waals surface area contributed by atoms with E-state index in [0.717, 1.165) is 22.1 Å². The van der Waals surface area contributed by atoms with Gasteiger partial charge in [0.05, 0.1) is 5.69 Å². The maximum Gasteiger partial charge on any atom is 0.190 e. The fourth-order valence-corrected chi connectivity index (χ4v) is 2.74. The number of para-hydroxylation sites is 1. The number of anilines is 2. The van der Waals surface area contributed by atoms with Gasteiger partial charge in [-0.05, 0) is 12.1 Å². The van der Waals surface area contributed by atoms with E-state index in [1.54, 1.807) is 11.3 Å². The Hall–Kier alpha value is -2.13. The molecule has 0 aliphatic carbocycles. The topological polar surface area (TPSA) is 16.1 Å². The van der Waals surface area contributed by atoms with E-state index in [4.69, 9.17) is 4.98 Å². The highest BCUT2D eigenvalue weighted by Crippen LogP contribution is 2.30. The van der Waals surface area contributed by atoms with Gasteiger partial charge in [0, 0.05) is 23.7 Å². The molecule has 0 unspecified atom stereocenters. The van der Waals surface area contributed by atoms with E-state index in [1.807, 2.05) is 43.4 Å². The number of aromatic nitrogens is 1. The van der Waals surface area contributed by atoms with Gasteiger partial charge >= 0.3 is 0 Å². The normalized spacial score (nSPS) is 10.4. The summed E-state index contributed by atoms with van der Waals surface area (Å²) in [6.45, 7) is 0. The second-order valence-electron chi connectivity index (χ2n) is 4.28. The number of benzene rings is 2. The molecular formula is C16H14N2S. The highest BCUT2D eigenvalue weighted by atomic mass is 32.1. The number of thiazole rings is 1. The quantitative estimate of drug-likeness (QED) is 0.690. The lowest BCUT2D eigenvalue weighted by Crippen LogP contribution is -2.08. The second kappa shape index (κ2) is 5.24. The maximum absolute atomic E-state index is 4.70. The summed E-state index contributed by atoms with van der Waals surface area (Å²) in [5, 5.41) is 3.11. The molecule has 0 amide bonds. The van der Waals surface area contributed by atoms with Gasteiger partial charge in [-0.1, -0.05) is 48.5 Å². The molecule has 3 heteroatoms. The van der Waals surface area contributed by atoms with Gasteiger partial charge < -0.3 is 4.90 Å². The van der Waals surface area contributed by atoms with Crippen molar-refractivity contribution in [2.24, 2.45) is 0 Å². The predicted molar refractivity (Wildman–Crippen MR) is 82.1 cm³/mol. The van der Waals surface area contributed by atoms with Crippen LogP contribution in [0.4, 0.5) is 10.8 Å². The van der Waals surface area contributed by atoms with Gasteiger partial charge in [0.2, 0.25) is 0 Å². The molecule has 0 spiro atoms. The fourth-order valence-electron chi connectivity index (χ4n) is 1.92. The van der Waals surface area contributed by atoms with E-state index in [1.165, 1.54) is 0 Å². The summed E-state index contributed by atoms with van der Waals surface area (Å²) < 4.78 is 0. The molecule has 19 heavy (non-hydrogen) atoms. The highest BCUT2D eigenvalue weighted by Gasteiger charge is 2.09. The summed E-state index contributed by atoms with van der Waals surface area (Å²) in [4.78, 5) is 6.81. The number of nitrogens with zero attached hydrogens (tertiary/aromatic N) is 2. The predicted octanol–water partition coefficient (Wildman–Crippen LogP) is 4.58. The first-order chi connectivity index (χ1) is 9.34. The van der Waals surface area contributed by atoms with Gasteiger partial charge in [-0.15, -0.1) is 11.3 Å². The van der Waals surface area contributed by atoms with Crippen molar-refractivity contribution in [1.82, 2.24) is 4.98 Å². The van der Waals surface area contributed by atoms with Crippen molar-refractivity contribution in [1.29, 1.82) is 0 Å². The first-order valence-electron chi connectivity index (χ1n) is 6.14. The monoisotopic (exact) mass is 266 g/mol. The SMILES string of the molecule is CN(c1ccccc1)c1nc(-c2ccccc2)cs1. The molecule has 0 aliphatic rings. The van der Waals surface area contributed by atoms with E-state index >= 15 is 0 Å². The van der Waals surface area contributed by atoms with Crippen LogP contribution in [0.3, 0.4) is 0 Å². The third-order valence-corrected chi connectivity index (χ3v) is 3.91. The van der Waals surface area contributed by atoms with E-state index in [-0.39, 0.29) is 0 Å². The average Bonchev–Trinajstić information content (AvgIpc) is 2.98. The summed E-state index contributed by atoms with van der Waals surface area (Å²) in [6.07, 6.45) is 0. The molecule has 1 aromatic heterocycles. The Labute approximate surface area is 117 Å². The summed E-state index contributed by atoms with van der Waals surface area (Å²) in [5.41, 5.74) is 3.34. The van der Waals surface area contributed by atoms with Crippen molar-refractivity contribution in [3.63, 3.8) is 0 Å². The zero-order valence-corrected chi connectivity index (χ0v) is 11.5. The molecule has 0 saturated carbocycles. The van der Waals surface area contributed by atoms with Gasteiger partial charge in [0.15, 0.2) is 5.13 Å². The molecule has 0 radical (unpaired) electrons. The van der Waals surface area contributed by atoms with Crippen molar-refractivity contribution < 1.29 is 0 Å². The fraction of sp³-hybridized carbons (Fsp3) is 0.0625. The molecule has 0 fully saturated rings. The Morgan fingerprint density at radius 2 is 1.53 bits per heavy atom. The van der Waals surface area contributed by atoms with E-state index < -0.39 is 0 Å². The zero-order valence-electron chi connectivity index (χ0n) is 10.7. The summed E-state index contributed by atoms with van der Waals surface area (Å²) in [5.74, 6) is 0. The summed E-state index contributed by atoms with van der Waals surface area (Å²) in [7, 11) is 2.04. The highest BCUT2D eigenvalue weighted by molar-refractivity contribution is 7.14. The van der Waals surface area contributed by atoms with Crippen LogP contribution in [0.25, 0.3) is 11.3 Å². The minimum atomic E-state index is 1.00. The Morgan fingerprint density at radius 1 is 0.895 bits per heavy atom. The minimum absolute atomic E-state index is 1.00. The lowest BCUT2D eigenvalue weighted by molar-refractivity contribution is 1.17. The third kappa shape index (κ3) is 2.51. The van der Waals surface area contributed by atoms with Gasteiger partial charge in [-0.25, -0.2) is 4.98 Å². The van der Waals surface area contributed by atoms with Crippen molar-refractivity contribution >= 4 is 22.2 Å². The number of hydrogen-bond donors (Lipinski definition) is 0. The summed E-state index contributed by atoms with van der Waals surface area (Å²) in [6, 6.07) is 20.5. The van der Waals surface area contributed by atoms with Crippen molar-refractivity contribution in [3.8, 4) is 11.3 Å². The van der Waals surface area contributed by atoms with Crippen LogP contribution in [0.15, 0.2) is 66.0 Å². The van der Waals surface area contributed by atoms with Crippen LogP contribution in [0, 0.1) is 0 Å². The van der Waals surface area contributed by atoms with Crippen molar-refractivity contribution in [3.05, 3.63) is 66.0 Å². The number of hydrogen-bond acceptors (Lipinski definition) is 3. The largest absolute Gasteiger partial charge is 0.321 e. The van der Waals surface area contributed by atoms with E-state index in [0.29, 0.717) is 0 Å². The van der Waals surface area contributed by atoms with E-state index in [2.05, 4.69) is 34.5 Å². The lowest BCUT2D eigenvalue weighted by Gasteiger charge is -2.15. The van der Waals surface area contributed by atoms with E-state index in [9.17, 15) is 0 Å². The molecule has 0 aliphatic heterocycles. The van der Waals surface area contributed by atoms with Crippen LogP contribution in [-0.4, -0.2) is 12.0 Å². The molecule has 0 bridgehead atoms. The lowest BCUT2D eigenvalue weighted by atomic mass is 10.2. The molecule has 0 atom stereocenters. The summed E-state index contributed by atoms with van der Waals surface area (Å²) >= 11 is 1.66. The zero-order chi connectivity index (χ0) is 13.1.